The Morgan fingerprint density at radius 2 is 1.07 bits per heavy atom. The van der Waals surface area contributed by atoms with Crippen molar-refractivity contribution >= 4 is 71.5 Å². The van der Waals surface area contributed by atoms with Gasteiger partial charge in [-0.15, -0.1) is 0 Å². The summed E-state index contributed by atoms with van der Waals surface area (Å²) >= 11 is 0. The summed E-state index contributed by atoms with van der Waals surface area (Å²) in [5, 5.41) is 20.4. The molecule has 0 aliphatic carbocycles. The molecule has 56 heavy (non-hydrogen) atoms. The molecule has 0 radical (unpaired) electrons. The fourth-order valence-corrected chi connectivity index (χ4v) is 9.01. The van der Waals surface area contributed by atoms with Crippen LogP contribution in [0, 0.1) is 11.3 Å². The first-order chi connectivity index (χ1) is 27.7. The molecule has 0 N–H and O–H groups in total. The monoisotopic (exact) mass is 713 g/mol. The summed E-state index contributed by atoms with van der Waals surface area (Å²) in [4.78, 5) is 4.68. The Bertz CT molecular complexity index is 3150. The van der Waals surface area contributed by atoms with Gasteiger partial charge in [0.05, 0.1) is 11.3 Å². The minimum atomic E-state index is 0.624. The molecule has 3 heteroatoms. The van der Waals surface area contributed by atoms with E-state index in [2.05, 4.69) is 180 Å². The first-order valence-electron chi connectivity index (χ1n) is 19.3. The van der Waals surface area contributed by atoms with E-state index in [0.717, 1.165) is 41.2 Å². The lowest BCUT2D eigenvalue weighted by Gasteiger charge is -2.27. The van der Waals surface area contributed by atoms with Gasteiger partial charge in [0.1, 0.15) is 6.07 Å². The van der Waals surface area contributed by atoms with Gasteiger partial charge in [-0.3, -0.25) is 0 Å². The minimum Gasteiger partial charge on any atom is -0.340 e. The predicted octanol–water partition coefficient (Wildman–Crippen LogP) is 14.1. The standard InChI is InChI=1S/C53H35N3/c54-34-43-10-4-6-12-50(43)56(44-23-15-36(16-24-44)42-14-13-35-7-1-2-9-41(35)33-42)45-25-17-37(18-26-45)46-27-19-39-21-29-48-51(55-32-31-38-8-3-5-11-49(38)55)30-22-40-20-28-47(46)52(39)53(40)48/h1-30,33H,31-32H2. The summed E-state index contributed by atoms with van der Waals surface area (Å²) in [5.41, 5.74) is 12.1. The Kier molecular flexibility index (Phi) is 7.37. The van der Waals surface area contributed by atoms with Gasteiger partial charge in [-0.25, -0.2) is 0 Å². The SMILES string of the molecule is N#Cc1ccccc1N(c1ccc(-c2ccc3ccccc3c2)cc1)c1ccc(-c2ccc3ccc4c(N5CCc6ccccc65)ccc5ccc2c3c54)cc1. The van der Waals surface area contributed by atoms with E-state index in [-0.39, 0.29) is 0 Å². The molecule has 0 aromatic heterocycles. The van der Waals surface area contributed by atoms with Crippen LogP contribution in [0.5, 0.6) is 0 Å². The Morgan fingerprint density at radius 3 is 1.88 bits per heavy atom. The van der Waals surface area contributed by atoms with Crippen molar-refractivity contribution in [1.82, 2.24) is 0 Å². The van der Waals surface area contributed by atoms with Gasteiger partial charge in [0.2, 0.25) is 0 Å². The van der Waals surface area contributed by atoms with Gasteiger partial charge < -0.3 is 9.80 Å². The lowest BCUT2D eigenvalue weighted by molar-refractivity contribution is 1.00. The lowest BCUT2D eigenvalue weighted by atomic mass is 9.89. The number of benzene rings is 10. The van der Waals surface area contributed by atoms with Gasteiger partial charge in [-0.2, -0.15) is 5.26 Å². The number of para-hydroxylation sites is 2. The zero-order valence-electron chi connectivity index (χ0n) is 30.7. The smallest absolute Gasteiger partial charge is 0.101 e. The van der Waals surface area contributed by atoms with Crippen molar-refractivity contribution < 1.29 is 0 Å². The third kappa shape index (κ3) is 5.12. The van der Waals surface area contributed by atoms with Crippen LogP contribution in [0.25, 0.3) is 65.3 Å². The fourth-order valence-electron chi connectivity index (χ4n) is 9.01. The van der Waals surface area contributed by atoms with Crippen LogP contribution < -0.4 is 9.80 Å². The summed E-state index contributed by atoms with van der Waals surface area (Å²) in [6.07, 6.45) is 1.06. The Balaban J connectivity index is 0.995. The lowest BCUT2D eigenvalue weighted by Crippen LogP contribution is -2.13. The van der Waals surface area contributed by atoms with E-state index in [9.17, 15) is 5.26 Å². The zero-order chi connectivity index (χ0) is 37.2. The third-order valence-corrected chi connectivity index (χ3v) is 11.7. The van der Waals surface area contributed by atoms with Gasteiger partial charge in [0, 0.05) is 34.7 Å². The van der Waals surface area contributed by atoms with Gasteiger partial charge in [0.15, 0.2) is 0 Å². The summed E-state index contributed by atoms with van der Waals surface area (Å²) in [7, 11) is 0. The van der Waals surface area contributed by atoms with Crippen LogP contribution >= 0.6 is 0 Å². The molecular weight excluding hydrogens is 679 g/mol. The Morgan fingerprint density at radius 1 is 0.464 bits per heavy atom. The molecule has 1 aliphatic rings. The van der Waals surface area contributed by atoms with Crippen molar-refractivity contribution in [1.29, 1.82) is 5.26 Å². The second-order valence-corrected chi connectivity index (χ2v) is 14.8. The molecule has 11 rings (SSSR count). The molecule has 0 fully saturated rings. The van der Waals surface area contributed by atoms with Gasteiger partial charge in [0.25, 0.3) is 0 Å². The van der Waals surface area contributed by atoms with Crippen LogP contribution in [0.15, 0.2) is 188 Å². The van der Waals surface area contributed by atoms with Gasteiger partial charge in [-0.1, -0.05) is 133 Å². The predicted molar refractivity (Wildman–Crippen MR) is 235 cm³/mol. The zero-order valence-corrected chi connectivity index (χ0v) is 30.7. The van der Waals surface area contributed by atoms with Crippen molar-refractivity contribution in [3.05, 3.63) is 199 Å². The maximum Gasteiger partial charge on any atom is 0.101 e. The number of fused-ring (bicyclic) bond motifs is 2. The molecule has 0 saturated carbocycles. The largest absolute Gasteiger partial charge is 0.340 e. The van der Waals surface area contributed by atoms with Crippen LogP contribution in [0.3, 0.4) is 0 Å². The number of nitrogens with zero attached hydrogens (tertiary/aromatic N) is 3. The Labute approximate surface area is 325 Å². The molecule has 0 unspecified atom stereocenters. The van der Waals surface area contributed by atoms with Crippen molar-refractivity contribution in [2.45, 2.75) is 6.42 Å². The highest BCUT2D eigenvalue weighted by atomic mass is 15.2. The summed E-state index contributed by atoms with van der Waals surface area (Å²) in [5.74, 6) is 0. The Hall–Kier alpha value is -7.41. The molecule has 1 aliphatic heterocycles. The summed E-state index contributed by atoms with van der Waals surface area (Å²) < 4.78 is 0. The van der Waals surface area contributed by atoms with E-state index in [1.165, 1.54) is 71.2 Å². The molecule has 0 bridgehead atoms. The van der Waals surface area contributed by atoms with Crippen LogP contribution in [0.4, 0.5) is 28.4 Å². The van der Waals surface area contributed by atoms with Crippen LogP contribution in [0.2, 0.25) is 0 Å². The minimum absolute atomic E-state index is 0.624. The molecular formula is C53H35N3. The van der Waals surface area contributed by atoms with E-state index in [4.69, 9.17) is 0 Å². The van der Waals surface area contributed by atoms with Crippen LogP contribution in [-0.2, 0) is 6.42 Å². The summed E-state index contributed by atoms with van der Waals surface area (Å²) in [6, 6.07) is 69.9. The molecule has 10 aromatic rings. The molecule has 0 atom stereocenters. The molecule has 262 valence electrons. The molecule has 0 spiro atoms. The first kappa shape index (κ1) is 32.1. The van der Waals surface area contributed by atoms with Crippen LogP contribution in [-0.4, -0.2) is 6.54 Å². The average molecular weight is 714 g/mol. The van der Waals surface area contributed by atoms with Crippen molar-refractivity contribution in [2.75, 3.05) is 16.3 Å². The van der Waals surface area contributed by atoms with E-state index in [1.807, 2.05) is 24.3 Å². The second kappa shape index (κ2) is 12.9. The topological polar surface area (TPSA) is 30.3 Å². The third-order valence-electron chi connectivity index (χ3n) is 11.7. The first-order valence-corrected chi connectivity index (χ1v) is 19.3. The van der Waals surface area contributed by atoms with Crippen molar-refractivity contribution in [3.63, 3.8) is 0 Å². The highest BCUT2D eigenvalue weighted by Crippen LogP contribution is 2.45. The number of hydrogen-bond donors (Lipinski definition) is 0. The molecule has 0 amide bonds. The summed E-state index contributed by atoms with van der Waals surface area (Å²) in [6.45, 7) is 0.991. The number of rotatable bonds is 6. The molecule has 3 nitrogen and oxygen atoms in total. The van der Waals surface area contributed by atoms with E-state index >= 15 is 0 Å². The number of hydrogen-bond acceptors (Lipinski definition) is 3. The van der Waals surface area contributed by atoms with E-state index in [1.54, 1.807) is 0 Å². The number of nitriles is 1. The van der Waals surface area contributed by atoms with Gasteiger partial charge >= 0.3 is 0 Å². The van der Waals surface area contributed by atoms with E-state index in [0.29, 0.717) is 5.56 Å². The van der Waals surface area contributed by atoms with Gasteiger partial charge in [-0.05, 0) is 127 Å². The highest BCUT2D eigenvalue weighted by Gasteiger charge is 2.23. The second-order valence-electron chi connectivity index (χ2n) is 14.8. The highest BCUT2D eigenvalue weighted by molar-refractivity contribution is 6.27. The van der Waals surface area contributed by atoms with Crippen molar-refractivity contribution in [3.8, 4) is 28.3 Å². The molecule has 10 aromatic carbocycles. The van der Waals surface area contributed by atoms with Crippen LogP contribution in [0.1, 0.15) is 11.1 Å². The number of anilines is 5. The molecule has 1 heterocycles. The fraction of sp³-hybridized carbons (Fsp3) is 0.0377. The maximum absolute atomic E-state index is 10.2. The average Bonchev–Trinajstić information content (AvgIpc) is 3.70. The maximum atomic E-state index is 10.2. The molecule has 0 saturated heterocycles. The van der Waals surface area contributed by atoms with E-state index < -0.39 is 0 Å². The van der Waals surface area contributed by atoms with Crippen molar-refractivity contribution in [2.24, 2.45) is 0 Å². The normalized spacial score (nSPS) is 12.4. The quantitative estimate of drug-likeness (QED) is 0.161.